The first-order chi connectivity index (χ1) is 17.5. The lowest BCUT2D eigenvalue weighted by Gasteiger charge is -2.31. The van der Waals surface area contributed by atoms with E-state index in [4.69, 9.17) is 14.2 Å². The van der Waals surface area contributed by atoms with Gasteiger partial charge in [0.25, 0.3) is 0 Å². The van der Waals surface area contributed by atoms with Gasteiger partial charge in [-0.15, -0.1) is 0 Å². The second kappa shape index (κ2) is 18.3. The zero-order valence-electron chi connectivity index (χ0n) is 23.4. The molecule has 0 saturated heterocycles. The first-order valence-electron chi connectivity index (χ1n) is 11.6. The van der Waals surface area contributed by atoms with E-state index in [1.54, 1.807) is 13.8 Å². The Morgan fingerprint density at radius 1 is 0.474 bits per heavy atom. The van der Waals surface area contributed by atoms with Gasteiger partial charge in [0.2, 0.25) is 0 Å². The van der Waals surface area contributed by atoms with Crippen molar-refractivity contribution in [2.45, 2.75) is 48.0 Å². The van der Waals surface area contributed by atoms with Gasteiger partial charge in [0.15, 0.2) is 0 Å². The number of hydrogen-bond acceptors (Lipinski definition) is 10. The molecule has 10 heteroatoms. The molecule has 0 aliphatic rings. The fourth-order valence-electron chi connectivity index (χ4n) is 1.97. The maximum atomic E-state index is 11.6. The van der Waals surface area contributed by atoms with Gasteiger partial charge in [0.05, 0.1) is 5.41 Å². The monoisotopic (exact) mass is 536 g/mol. The number of carbonyl (C=O) groups excluding carboxylic acids is 5. The van der Waals surface area contributed by atoms with Gasteiger partial charge < -0.3 is 23.7 Å². The molecular formula is C28H40O10. The Bertz CT molecular complexity index is 853. The van der Waals surface area contributed by atoms with Crippen molar-refractivity contribution in [2.75, 3.05) is 33.0 Å². The molecule has 0 saturated carbocycles. The Morgan fingerprint density at radius 3 is 0.868 bits per heavy atom. The van der Waals surface area contributed by atoms with Gasteiger partial charge in [-0.25, -0.2) is 24.0 Å². The molecule has 0 aromatic heterocycles. The normalized spacial score (nSPS) is 9.95. The van der Waals surface area contributed by atoms with E-state index in [1.807, 2.05) is 6.92 Å². The summed E-state index contributed by atoms with van der Waals surface area (Å²) >= 11 is 0. The van der Waals surface area contributed by atoms with Crippen molar-refractivity contribution in [3.05, 3.63) is 60.8 Å². The molecule has 0 rings (SSSR count). The average Bonchev–Trinajstić information content (AvgIpc) is 2.85. The van der Waals surface area contributed by atoms with Gasteiger partial charge in [-0.2, -0.15) is 0 Å². The largest absolute Gasteiger partial charge is 0.461 e. The zero-order valence-corrected chi connectivity index (χ0v) is 23.4. The van der Waals surface area contributed by atoms with Crippen LogP contribution < -0.4 is 0 Å². The van der Waals surface area contributed by atoms with Crippen LogP contribution in [0, 0.1) is 5.41 Å². The van der Waals surface area contributed by atoms with Crippen LogP contribution in [0.15, 0.2) is 60.8 Å². The van der Waals surface area contributed by atoms with Crippen molar-refractivity contribution in [1.82, 2.24) is 0 Å². The number of esters is 5. The van der Waals surface area contributed by atoms with Crippen LogP contribution in [-0.4, -0.2) is 62.9 Å². The lowest BCUT2D eigenvalue weighted by atomic mass is 9.88. The summed E-state index contributed by atoms with van der Waals surface area (Å²) in [6.07, 6.45) is 0.448. The summed E-state index contributed by atoms with van der Waals surface area (Å²) in [5, 5.41) is 0. The van der Waals surface area contributed by atoms with Crippen molar-refractivity contribution >= 4 is 29.8 Å². The van der Waals surface area contributed by atoms with Crippen LogP contribution in [0.1, 0.15) is 48.0 Å². The van der Waals surface area contributed by atoms with E-state index < -0.39 is 35.3 Å². The summed E-state index contributed by atoms with van der Waals surface area (Å²) in [5.74, 6) is -2.67. The first-order valence-corrected chi connectivity index (χ1v) is 11.6. The van der Waals surface area contributed by atoms with E-state index in [-0.39, 0.29) is 49.8 Å². The second-order valence-electron chi connectivity index (χ2n) is 8.76. The van der Waals surface area contributed by atoms with Crippen molar-refractivity contribution in [2.24, 2.45) is 5.41 Å². The van der Waals surface area contributed by atoms with Crippen molar-refractivity contribution in [1.29, 1.82) is 0 Å². The van der Waals surface area contributed by atoms with Crippen LogP contribution in [0.3, 0.4) is 0 Å². The maximum absolute atomic E-state index is 11.6. The predicted molar refractivity (Wildman–Crippen MR) is 142 cm³/mol. The highest BCUT2D eigenvalue weighted by atomic mass is 16.6. The van der Waals surface area contributed by atoms with Gasteiger partial charge in [0.1, 0.15) is 33.0 Å². The third-order valence-corrected chi connectivity index (χ3v) is 4.57. The van der Waals surface area contributed by atoms with Gasteiger partial charge in [0, 0.05) is 27.9 Å². The van der Waals surface area contributed by atoms with Crippen LogP contribution >= 0.6 is 0 Å². The second-order valence-corrected chi connectivity index (χ2v) is 8.76. The first kappa shape index (κ1) is 36.2. The topological polar surface area (TPSA) is 132 Å². The van der Waals surface area contributed by atoms with Crippen LogP contribution in [0.25, 0.3) is 0 Å². The van der Waals surface area contributed by atoms with Gasteiger partial charge in [-0.1, -0.05) is 39.8 Å². The summed E-state index contributed by atoms with van der Waals surface area (Å²) in [6.45, 7) is 26.6. The molecule has 0 aromatic carbocycles. The summed E-state index contributed by atoms with van der Waals surface area (Å²) in [6, 6.07) is 0. The SMILES string of the molecule is C=C(C)C(=O)OCC(CC)(COC(=O)C(=C)C)COC(=O)C(=C)C.C=C(C)C(=O)OCCOC(=O)C(=C)C. The zero-order chi connectivity index (χ0) is 30.1. The molecule has 0 aromatic rings. The quantitative estimate of drug-likeness (QED) is 0.131. The average molecular weight is 537 g/mol. The fraction of sp³-hybridized carbons (Fsp3) is 0.464. The molecular weight excluding hydrogens is 496 g/mol. The molecule has 0 aliphatic carbocycles. The van der Waals surface area contributed by atoms with Crippen LogP contribution in [0.4, 0.5) is 0 Å². The van der Waals surface area contributed by atoms with Crippen LogP contribution in [0.2, 0.25) is 0 Å². The molecule has 0 atom stereocenters. The van der Waals surface area contributed by atoms with Crippen LogP contribution in [-0.2, 0) is 47.7 Å². The maximum Gasteiger partial charge on any atom is 0.333 e. The minimum absolute atomic E-state index is 0.0325. The Balaban J connectivity index is 0. The number of rotatable bonds is 15. The molecule has 38 heavy (non-hydrogen) atoms. The van der Waals surface area contributed by atoms with Crippen molar-refractivity contribution in [3.8, 4) is 0 Å². The Morgan fingerprint density at radius 2 is 0.684 bits per heavy atom. The van der Waals surface area contributed by atoms with Gasteiger partial charge >= 0.3 is 29.8 Å². The summed E-state index contributed by atoms with van der Waals surface area (Å²) in [4.78, 5) is 56.6. The summed E-state index contributed by atoms with van der Waals surface area (Å²) in [5.41, 5.74) is 0.516. The van der Waals surface area contributed by atoms with Crippen molar-refractivity contribution < 1.29 is 47.7 Å². The van der Waals surface area contributed by atoms with Gasteiger partial charge in [-0.3, -0.25) is 0 Å². The Kier molecular flexibility index (Phi) is 17.5. The molecule has 212 valence electrons. The fourth-order valence-corrected chi connectivity index (χ4v) is 1.97. The van der Waals surface area contributed by atoms with Crippen molar-refractivity contribution in [3.63, 3.8) is 0 Å². The molecule has 10 nitrogen and oxygen atoms in total. The third-order valence-electron chi connectivity index (χ3n) is 4.57. The number of hydrogen-bond donors (Lipinski definition) is 0. The Labute approximate surface area is 225 Å². The van der Waals surface area contributed by atoms with E-state index >= 15 is 0 Å². The highest BCUT2D eigenvalue weighted by Gasteiger charge is 2.34. The predicted octanol–water partition coefficient (Wildman–Crippen LogP) is 3.97. The molecule has 0 fully saturated rings. The third kappa shape index (κ3) is 15.9. The minimum Gasteiger partial charge on any atom is -0.461 e. The molecule has 0 amide bonds. The molecule has 0 N–H and O–H groups in total. The lowest BCUT2D eigenvalue weighted by molar-refractivity contribution is -0.157. The van der Waals surface area contributed by atoms with E-state index in [0.717, 1.165) is 0 Å². The lowest BCUT2D eigenvalue weighted by Crippen LogP contribution is -2.39. The van der Waals surface area contributed by atoms with E-state index in [0.29, 0.717) is 17.6 Å². The smallest absolute Gasteiger partial charge is 0.333 e. The molecule has 0 unspecified atom stereocenters. The molecule has 0 bridgehead atoms. The standard InChI is InChI=1S/C18H26O6.C10H14O4/c1-8-18(9-22-15(19)12(2)3,10-23-16(20)13(4)5)11-24-17(21)14(6)7;1-7(2)9(11)13-5-6-14-10(12)8(3)4/h2,4,6,8-11H2,1,3,5,7H3;1,3,5-6H2,2,4H3. The summed E-state index contributed by atoms with van der Waals surface area (Å²) in [7, 11) is 0. The van der Waals surface area contributed by atoms with E-state index in [2.05, 4.69) is 42.4 Å². The summed E-state index contributed by atoms with van der Waals surface area (Å²) < 4.78 is 24.9. The van der Waals surface area contributed by atoms with Crippen LogP contribution in [0.5, 0.6) is 0 Å². The highest BCUT2D eigenvalue weighted by molar-refractivity contribution is 5.88. The minimum atomic E-state index is -0.860. The van der Waals surface area contributed by atoms with Gasteiger partial charge in [-0.05, 0) is 41.0 Å². The molecule has 0 aliphatic heterocycles. The molecule has 0 radical (unpaired) electrons. The Hall–Kier alpha value is -3.95. The molecule has 0 spiro atoms. The number of carbonyl (C=O) groups is 5. The van der Waals surface area contributed by atoms with E-state index in [1.165, 1.54) is 20.8 Å². The molecule has 0 heterocycles. The number of ether oxygens (including phenoxy) is 5. The van der Waals surface area contributed by atoms with E-state index in [9.17, 15) is 24.0 Å². The highest BCUT2D eigenvalue weighted by Crippen LogP contribution is 2.25.